The zero-order valence-electron chi connectivity index (χ0n) is 18.4. The summed E-state index contributed by atoms with van der Waals surface area (Å²) in [4.78, 5) is 11.4. The highest BCUT2D eigenvalue weighted by molar-refractivity contribution is 6.33. The number of methoxy groups -OCH3 is 1. The van der Waals surface area contributed by atoms with Crippen LogP contribution < -0.4 is 10.6 Å². The molecule has 6 heteroatoms. The molecule has 1 aliphatic heterocycles. The highest BCUT2D eigenvalue weighted by Crippen LogP contribution is 2.44. The maximum Gasteiger partial charge on any atom is 0.406 e. The number of rotatable bonds is 8. The molecule has 2 atom stereocenters. The van der Waals surface area contributed by atoms with Crippen molar-refractivity contribution in [3.63, 3.8) is 0 Å². The number of hydrogen-bond donors (Lipinski definition) is 3. The summed E-state index contributed by atoms with van der Waals surface area (Å²) in [6.45, 7) is 4.29. The largest absolute Gasteiger partial charge is 0.453 e. The SMILES string of the molecule is CCc1cccc(-c2c(Cl)cccc2C(O)(CCCNC(=O)OC)C2CCCNC2)c1. The number of nitrogens with one attached hydrogen (secondary N) is 2. The third-order valence-corrected chi connectivity index (χ3v) is 6.58. The van der Waals surface area contributed by atoms with E-state index in [9.17, 15) is 9.90 Å². The fourth-order valence-electron chi connectivity index (χ4n) is 4.56. The second-order valence-electron chi connectivity index (χ2n) is 8.21. The smallest absolute Gasteiger partial charge is 0.406 e. The summed E-state index contributed by atoms with van der Waals surface area (Å²) in [5.41, 5.74) is 2.95. The summed E-state index contributed by atoms with van der Waals surface area (Å²) < 4.78 is 4.66. The van der Waals surface area contributed by atoms with E-state index in [1.165, 1.54) is 12.7 Å². The first-order valence-corrected chi connectivity index (χ1v) is 11.5. The van der Waals surface area contributed by atoms with Gasteiger partial charge in [0.05, 0.1) is 12.7 Å². The summed E-state index contributed by atoms with van der Waals surface area (Å²) in [5, 5.41) is 19.0. The lowest BCUT2D eigenvalue weighted by Crippen LogP contribution is -2.45. The molecule has 5 nitrogen and oxygen atoms in total. The summed E-state index contributed by atoms with van der Waals surface area (Å²) in [6.07, 6.45) is 3.59. The normalized spacial score (nSPS) is 18.3. The second kappa shape index (κ2) is 11.0. The van der Waals surface area contributed by atoms with Gasteiger partial charge >= 0.3 is 6.09 Å². The molecule has 0 saturated carbocycles. The standard InChI is InChI=1S/C25H33ClN2O3/c1-3-18-8-4-9-19(16-18)23-21(11-5-12-22(23)26)25(30,20-10-6-14-27-17-20)13-7-15-28-24(29)31-2/h4-5,8-9,11-12,16,20,27,30H,3,6-7,10,13-15,17H2,1-2H3,(H,28,29). The predicted molar refractivity (Wildman–Crippen MR) is 125 cm³/mol. The summed E-state index contributed by atoms with van der Waals surface area (Å²) in [5.74, 6) is 0.0611. The molecular formula is C25H33ClN2O3. The Bertz CT molecular complexity index is 883. The minimum Gasteiger partial charge on any atom is -0.453 e. The zero-order valence-corrected chi connectivity index (χ0v) is 19.2. The molecule has 2 aromatic carbocycles. The number of carbonyl (C=O) groups is 1. The van der Waals surface area contributed by atoms with Crippen molar-refractivity contribution in [1.29, 1.82) is 0 Å². The molecule has 1 heterocycles. The maximum absolute atomic E-state index is 12.2. The van der Waals surface area contributed by atoms with Crippen LogP contribution in [0, 0.1) is 5.92 Å². The lowest BCUT2D eigenvalue weighted by molar-refractivity contribution is -0.0415. The minimum absolute atomic E-state index is 0.0611. The third-order valence-electron chi connectivity index (χ3n) is 6.27. The summed E-state index contributed by atoms with van der Waals surface area (Å²) in [7, 11) is 1.35. The van der Waals surface area contributed by atoms with Crippen molar-refractivity contribution in [2.75, 3.05) is 26.7 Å². The van der Waals surface area contributed by atoms with E-state index in [0.29, 0.717) is 24.4 Å². The first-order chi connectivity index (χ1) is 15.0. The van der Waals surface area contributed by atoms with Crippen LogP contribution in [-0.2, 0) is 16.8 Å². The number of ether oxygens (including phenoxy) is 1. The Labute approximate surface area is 190 Å². The lowest BCUT2D eigenvalue weighted by Gasteiger charge is -2.40. The summed E-state index contributed by atoms with van der Waals surface area (Å²) in [6, 6.07) is 14.2. The van der Waals surface area contributed by atoms with Crippen LogP contribution in [-0.4, -0.2) is 37.9 Å². The van der Waals surface area contributed by atoms with Crippen LogP contribution in [0.15, 0.2) is 42.5 Å². The fourth-order valence-corrected chi connectivity index (χ4v) is 4.85. The quantitative estimate of drug-likeness (QED) is 0.507. The number of aliphatic hydroxyl groups is 1. The van der Waals surface area contributed by atoms with Gasteiger partial charge in [0.25, 0.3) is 0 Å². The Balaban J connectivity index is 2.00. The van der Waals surface area contributed by atoms with Crippen LogP contribution in [0.25, 0.3) is 11.1 Å². The van der Waals surface area contributed by atoms with Gasteiger partial charge in [0, 0.05) is 29.6 Å². The fraction of sp³-hybridized carbons (Fsp3) is 0.480. The zero-order chi connectivity index (χ0) is 22.3. The van der Waals surface area contributed by atoms with Crippen LogP contribution in [0.4, 0.5) is 4.79 Å². The molecule has 0 aromatic heterocycles. The van der Waals surface area contributed by atoms with Crippen molar-refractivity contribution >= 4 is 17.7 Å². The highest BCUT2D eigenvalue weighted by atomic mass is 35.5. The Morgan fingerprint density at radius 1 is 1.32 bits per heavy atom. The molecule has 2 aromatic rings. The second-order valence-corrected chi connectivity index (χ2v) is 8.61. The number of benzene rings is 2. The Kier molecular flexibility index (Phi) is 8.35. The minimum atomic E-state index is -1.06. The predicted octanol–water partition coefficient (Wildman–Crippen LogP) is 4.89. The summed E-state index contributed by atoms with van der Waals surface area (Å²) >= 11 is 6.73. The van der Waals surface area contributed by atoms with Gasteiger partial charge in [-0.15, -0.1) is 0 Å². The number of piperidine rings is 1. The van der Waals surface area contributed by atoms with E-state index in [1.54, 1.807) is 0 Å². The first kappa shape index (κ1) is 23.6. The molecule has 31 heavy (non-hydrogen) atoms. The van der Waals surface area contributed by atoms with Crippen molar-refractivity contribution in [1.82, 2.24) is 10.6 Å². The molecule has 0 spiro atoms. The molecule has 1 aliphatic rings. The van der Waals surface area contributed by atoms with Gasteiger partial charge in [-0.3, -0.25) is 0 Å². The molecule has 1 amide bonds. The number of halogens is 1. The first-order valence-electron chi connectivity index (χ1n) is 11.1. The van der Waals surface area contributed by atoms with Gasteiger partial charge in [-0.1, -0.05) is 54.9 Å². The van der Waals surface area contributed by atoms with E-state index in [2.05, 4.69) is 40.5 Å². The Hall–Kier alpha value is -2.08. The van der Waals surface area contributed by atoms with E-state index in [1.807, 2.05) is 24.3 Å². The number of hydrogen-bond acceptors (Lipinski definition) is 4. The molecule has 3 N–H and O–H groups in total. The number of aryl methyl sites for hydroxylation is 1. The van der Waals surface area contributed by atoms with Gasteiger partial charge in [0.1, 0.15) is 0 Å². The van der Waals surface area contributed by atoms with Crippen LogP contribution in [0.1, 0.15) is 43.7 Å². The van der Waals surface area contributed by atoms with E-state index in [4.69, 9.17) is 11.6 Å². The van der Waals surface area contributed by atoms with Gasteiger partial charge in [0.2, 0.25) is 0 Å². The van der Waals surface area contributed by atoms with Crippen LogP contribution >= 0.6 is 11.6 Å². The van der Waals surface area contributed by atoms with E-state index >= 15 is 0 Å². The van der Waals surface area contributed by atoms with Crippen LogP contribution in [0.3, 0.4) is 0 Å². The molecule has 1 fully saturated rings. The van der Waals surface area contributed by atoms with Crippen molar-refractivity contribution in [2.45, 2.75) is 44.6 Å². The molecule has 1 saturated heterocycles. The molecule has 3 rings (SSSR count). The van der Waals surface area contributed by atoms with Gasteiger partial charge < -0.3 is 20.5 Å². The molecule has 2 unspecified atom stereocenters. The number of alkyl carbamates (subject to hydrolysis) is 1. The Morgan fingerprint density at radius 3 is 2.84 bits per heavy atom. The highest BCUT2D eigenvalue weighted by Gasteiger charge is 2.40. The molecule has 0 radical (unpaired) electrons. The molecule has 0 bridgehead atoms. The Morgan fingerprint density at radius 2 is 2.13 bits per heavy atom. The molecule has 168 valence electrons. The van der Waals surface area contributed by atoms with Gasteiger partial charge in [-0.05, 0) is 61.4 Å². The lowest BCUT2D eigenvalue weighted by atomic mass is 9.72. The maximum atomic E-state index is 12.2. The van der Waals surface area contributed by atoms with Gasteiger partial charge in [-0.25, -0.2) is 4.79 Å². The van der Waals surface area contributed by atoms with Crippen molar-refractivity contribution in [2.24, 2.45) is 5.92 Å². The van der Waals surface area contributed by atoms with E-state index < -0.39 is 11.7 Å². The van der Waals surface area contributed by atoms with E-state index in [0.717, 1.165) is 49.0 Å². The topological polar surface area (TPSA) is 70.6 Å². The molecule has 0 aliphatic carbocycles. The average Bonchev–Trinajstić information content (AvgIpc) is 2.81. The van der Waals surface area contributed by atoms with Crippen molar-refractivity contribution in [3.8, 4) is 11.1 Å². The number of carbonyl (C=O) groups excluding carboxylic acids is 1. The monoisotopic (exact) mass is 444 g/mol. The van der Waals surface area contributed by atoms with Crippen LogP contribution in [0.2, 0.25) is 5.02 Å². The molecular weight excluding hydrogens is 412 g/mol. The average molecular weight is 445 g/mol. The van der Waals surface area contributed by atoms with Crippen molar-refractivity contribution < 1.29 is 14.6 Å². The third kappa shape index (κ3) is 5.59. The van der Waals surface area contributed by atoms with Gasteiger partial charge in [-0.2, -0.15) is 0 Å². The van der Waals surface area contributed by atoms with Gasteiger partial charge in [0.15, 0.2) is 0 Å². The van der Waals surface area contributed by atoms with E-state index in [-0.39, 0.29) is 5.92 Å². The van der Waals surface area contributed by atoms with Crippen LogP contribution in [0.5, 0.6) is 0 Å². The van der Waals surface area contributed by atoms with Crippen molar-refractivity contribution in [3.05, 3.63) is 58.6 Å². The number of amides is 1.